The van der Waals surface area contributed by atoms with Crippen molar-refractivity contribution in [3.05, 3.63) is 24.0 Å². The molecule has 0 unspecified atom stereocenters. The van der Waals surface area contributed by atoms with E-state index >= 15 is 0 Å². The number of anilines is 1. The van der Waals surface area contributed by atoms with Gasteiger partial charge in [0.1, 0.15) is 6.07 Å². The molecule has 1 aliphatic rings. The fourth-order valence-electron chi connectivity index (χ4n) is 2.57. The molecule has 0 atom stereocenters. The van der Waals surface area contributed by atoms with Gasteiger partial charge in [-0.05, 0) is 0 Å². The number of carbonyl (C=O) groups is 1. The zero-order valence-corrected chi connectivity index (χ0v) is 14.4. The molecule has 3 rings (SSSR count). The van der Waals surface area contributed by atoms with Crippen molar-refractivity contribution in [2.75, 3.05) is 36.8 Å². The van der Waals surface area contributed by atoms with Gasteiger partial charge in [0.25, 0.3) is 0 Å². The molecule has 8 nitrogen and oxygen atoms in total. The molecule has 0 spiro atoms. The Bertz CT molecular complexity index is 769. The molecule has 3 heterocycles. The van der Waals surface area contributed by atoms with Crippen molar-refractivity contribution in [2.45, 2.75) is 12.1 Å². The van der Waals surface area contributed by atoms with Gasteiger partial charge in [-0.1, -0.05) is 11.8 Å². The number of nitriles is 1. The highest BCUT2D eigenvalue weighted by molar-refractivity contribution is 7.99. The standard InChI is InChI=1S/C15H18N6O2S/c1-11-18-12(9-16)14(23-11)21-7-5-20(6-8-21)13(22)10-24-15-17-3-4-19(15)2/h3-4H,5-8,10H2,1-2H3. The van der Waals surface area contributed by atoms with E-state index in [1.165, 1.54) is 11.8 Å². The van der Waals surface area contributed by atoms with Gasteiger partial charge in [-0.25, -0.2) is 9.97 Å². The second-order valence-electron chi connectivity index (χ2n) is 5.48. The molecule has 1 fully saturated rings. The predicted molar refractivity (Wildman–Crippen MR) is 88.7 cm³/mol. The average Bonchev–Trinajstić information content (AvgIpc) is 3.18. The van der Waals surface area contributed by atoms with Gasteiger partial charge in [-0.15, -0.1) is 0 Å². The van der Waals surface area contributed by atoms with Crippen LogP contribution in [0.15, 0.2) is 22.0 Å². The Kier molecular flexibility index (Phi) is 4.76. The first kappa shape index (κ1) is 16.4. The minimum Gasteiger partial charge on any atom is -0.424 e. The minimum absolute atomic E-state index is 0.0944. The summed E-state index contributed by atoms with van der Waals surface area (Å²) in [5.41, 5.74) is 0.303. The van der Waals surface area contributed by atoms with Crippen molar-refractivity contribution in [1.29, 1.82) is 5.26 Å². The molecule has 24 heavy (non-hydrogen) atoms. The molecular weight excluding hydrogens is 328 g/mol. The van der Waals surface area contributed by atoms with Crippen molar-refractivity contribution < 1.29 is 9.21 Å². The summed E-state index contributed by atoms with van der Waals surface area (Å²) >= 11 is 1.44. The van der Waals surface area contributed by atoms with E-state index in [-0.39, 0.29) is 5.91 Å². The number of amides is 1. The van der Waals surface area contributed by atoms with E-state index in [1.807, 2.05) is 33.7 Å². The summed E-state index contributed by atoms with van der Waals surface area (Å²) in [6.07, 6.45) is 3.58. The van der Waals surface area contributed by atoms with Crippen LogP contribution in [0, 0.1) is 18.3 Å². The number of aromatic nitrogens is 3. The minimum atomic E-state index is 0.0944. The van der Waals surface area contributed by atoms with Crippen LogP contribution in [0.1, 0.15) is 11.6 Å². The van der Waals surface area contributed by atoms with E-state index in [4.69, 9.17) is 9.68 Å². The molecule has 1 amide bonds. The summed E-state index contributed by atoms with van der Waals surface area (Å²) in [4.78, 5) is 24.4. The molecule has 1 saturated heterocycles. The molecule has 0 N–H and O–H groups in total. The van der Waals surface area contributed by atoms with Crippen LogP contribution in [-0.4, -0.2) is 57.3 Å². The van der Waals surface area contributed by atoms with Crippen molar-refractivity contribution in [1.82, 2.24) is 19.4 Å². The smallest absolute Gasteiger partial charge is 0.234 e. The van der Waals surface area contributed by atoms with Gasteiger partial charge < -0.3 is 18.8 Å². The molecule has 9 heteroatoms. The summed E-state index contributed by atoms with van der Waals surface area (Å²) in [6, 6.07) is 2.05. The number of carbonyl (C=O) groups excluding carboxylic acids is 1. The molecule has 0 aromatic carbocycles. The van der Waals surface area contributed by atoms with E-state index in [9.17, 15) is 4.79 Å². The monoisotopic (exact) mass is 346 g/mol. The number of imidazole rings is 1. The Balaban J connectivity index is 1.54. The molecule has 126 valence electrons. The number of piperazine rings is 1. The van der Waals surface area contributed by atoms with Gasteiger partial charge in [0.05, 0.1) is 5.75 Å². The average molecular weight is 346 g/mol. The molecule has 2 aromatic rings. The molecular formula is C15H18N6O2S. The van der Waals surface area contributed by atoms with Gasteiger partial charge in [-0.3, -0.25) is 4.79 Å². The number of oxazole rings is 1. The van der Waals surface area contributed by atoms with Crippen LogP contribution < -0.4 is 4.90 Å². The van der Waals surface area contributed by atoms with Crippen LogP contribution in [0.2, 0.25) is 0 Å². The fourth-order valence-corrected chi connectivity index (χ4v) is 3.41. The first-order chi connectivity index (χ1) is 11.6. The lowest BCUT2D eigenvalue weighted by Crippen LogP contribution is -2.49. The molecule has 0 radical (unpaired) electrons. The van der Waals surface area contributed by atoms with E-state index < -0.39 is 0 Å². The number of rotatable bonds is 4. The highest BCUT2D eigenvalue weighted by Gasteiger charge is 2.25. The third kappa shape index (κ3) is 3.38. The molecule has 0 bridgehead atoms. The van der Waals surface area contributed by atoms with Gasteiger partial charge in [0.15, 0.2) is 11.0 Å². The maximum atomic E-state index is 12.3. The van der Waals surface area contributed by atoms with Crippen LogP contribution in [0.4, 0.5) is 5.88 Å². The molecule has 0 aliphatic carbocycles. The number of thioether (sulfide) groups is 1. The zero-order valence-electron chi connectivity index (χ0n) is 13.6. The van der Waals surface area contributed by atoms with Crippen molar-refractivity contribution in [3.8, 4) is 6.07 Å². The van der Waals surface area contributed by atoms with Crippen LogP contribution in [-0.2, 0) is 11.8 Å². The first-order valence-corrected chi connectivity index (χ1v) is 8.57. The summed E-state index contributed by atoms with van der Waals surface area (Å²) in [7, 11) is 1.91. The van der Waals surface area contributed by atoms with Gasteiger partial charge in [-0.2, -0.15) is 5.26 Å². The van der Waals surface area contributed by atoms with Gasteiger partial charge in [0, 0.05) is 52.5 Å². The van der Waals surface area contributed by atoms with Crippen LogP contribution in [0.5, 0.6) is 0 Å². The topological polar surface area (TPSA) is 91.2 Å². The fraction of sp³-hybridized carbons (Fsp3) is 0.467. The van der Waals surface area contributed by atoms with Crippen molar-refractivity contribution >= 4 is 23.6 Å². The number of nitrogens with zero attached hydrogens (tertiary/aromatic N) is 6. The van der Waals surface area contributed by atoms with E-state index in [2.05, 4.69) is 9.97 Å². The van der Waals surface area contributed by atoms with E-state index in [0.29, 0.717) is 49.4 Å². The van der Waals surface area contributed by atoms with Gasteiger partial charge in [0.2, 0.25) is 17.5 Å². The van der Waals surface area contributed by atoms with Crippen LogP contribution >= 0.6 is 11.8 Å². The Labute approximate surface area is 144 Å². The summed E-state index contributed by atoms with van der Waals surface area (Å²) in [5, 5.41) is 9.94. The normalized spacial score (nSPS) is 14.7. The van der Waals surface area contributed by atoms with Crippen molar-refractivity contribution in [3.63, 3.8) is 0 Å². The van der Waals surface area contributed by atoms with E-state index in [0.717, 1.165) is 5.16 Å². The lowest BCUT2D eigenvalue weighted by Gasteiger charge is -2.34. The first-order valence-electron chi connectivity index (χ1n) is 7.59. The Morgan fingerprint density at radius 1 is 1.42 bits per heavy atom. The highest BCUT2D eigenvalue weighted by atomic mass is 32.2. The SMILES string of the molecule is Cc1nc(C#N)c(N2CCN(C(=O)CSc3nccn3C)CC2)o1. The molecule has 2 aromatic heterocycles. The third-order valence-corrected chi connectivity index (χ3v) is 4.89. The van der Waals surface area contributed by atoms with E-state index in [1.54, 1.807) is 13.1 Å². The number of hydrogen-bond acceptors (Lipinski definition) is 7. The Morgan fingerprint density at radius 2 is 2.17 bits per heavy atom. The Morgan fingerprint density at radius 3 is 2.79 bits per heavy atom. The maximum absolute atomic E-state index is 12.3. The van der Waals surface area contributed by atoms with Crippen molar-refractivity contribution in [2.24, 2.45) is 7.05 Å². The lowest BCUT2D eigenvalue weighted by atomic mass is 10.3. The third-order valence-electron chi connectivity index (χ3n) is 3.84. The quantitative estimate of drug-likeness (QED) is 0.764. The molecule has 1 aliphatic heterocycles. The Hall–Kier alpha value is -2.47. The summed E-state index contributed by atoms with van der Waals surface area (Å²) in [6.45, 7) is 4.18. The lowest BCUT2D eigenvalue weighted by molar-refractivity contribution is -0.128. The zero-order chi connectivity index (χ0) is 17.1. The summed E-state index contributed by atoms with van der Waals surface area (Å²) in [5.74, 6) is 1.45. The maximum Gasteiger partial charge on any atom is 0.234 e. The van der Waals surface area contributed by atoms with Crippen LogP contribution in [0.25, 0.3) is 0 Å². The highest BCUT2D eigenvalue weighted by Crippen LogP contribution is 2.23. The predicted octanol–water partition coefficient (Wildman–Crippen LogP) is 1.03. The summed E-state index contributed by atoms with van der Waals surface area (Å²) < 4.78 is 7.42. The largest absolute Gasteiger partial charge is 0.424 e. The second kappa shape index (κ2) is 6.97. The molecule has 0 saturated carbocycles. The van der Waals surface area contributed by atoms with Gasteiger partial charge >= 0.3 is 0 Å². The number of hydrogen-bond donors (Lipinski definition) is 0. The number of aryl methyl sites for hydroxylation is 2. The second-order valence-corrected chi connectivity index (χ2v) is 6.42. The van der Waals surface area contributed by atoms with Crippen LogP contribution in [0.3, 0.4) is 0 Å².